The van der Waals surface area contributed by atoms with Gasteiger partial charge in [-0.2, -0.15) is 0 Å². The van der Waals surface area contributed by atoms with E-state index in [0.29, 0.717) is 0 Å². The highest BCUT2D eigenvalue weighted by molar-refractivity contribution is 7.26. The molecule has 0 N–H and O–H groups in total. The molecule has 0 aliphatic rings. The maximum absolute atomic E-state index is 3.36. The third-order valence-corrected chi connectivity index (χ3v) is 9.98. The zero-order valence-electron chi connectivity index (χ0n) is 26.8. The normalized spacial score (nSPS) is 11.1. The lowest BCUT2D eigenvalue weighted by Crippen LogP contribution is -2.09. The van der Waals surface area contributed by atoms with E-state index in [-0.39, 0.29) is 0 Å². The molecule has 0 aliphatic carbocycles. The number of allylic oxidation sites excluding steroid dienone is 1. The third kappa shape index (κ3) is 5.06. The van der Waals surface area contributed by atoms with Crippen LogP contribution in [0.5, 0.6) is 0 Å². The van der Waals surface area contributed by atoms with Crippen molar-refractivity contribution in [2.75, 3.05) is 4.90 Å². The van der Waals surface area contributed by atoms with E-state index >= 15 is 0 Å². The van der Waals surface area contributed by atoms with E-state index in [9.17, 15) is 0 Å². The lowest BCUT2D eigenvalue weighted by molar-refractivity contribution is 1.20. The number of hydrogen-bond acceptors (Lipinski definition) is 2. The predicted octanol–water partition coefficient (Wildman–Crippen LogP) is 13.5. The van der Waals surface area contributed by atoms with Gasteiger partial charge in [-0.25, -0.2) is 0 Å². The lowest BCUT2D eigenvalue weighted by atomic mass is 10.0. The second-order valence-electron chi connectivity index (χ2n) is 11.8. The molecule has 0 radical (unpaired) electrons. The van der Waals surface area contributed by atoms with Crippen LogP contribution in [0.3, 0.4) is 0 Å². The number of thiophene rings is 1. The summed E-state index contributed by atoms with van der Waals surface area (Å²) < 4.78 is 5.00. The van der Waals surface area contributed by atoms with Gasteiger partial charge in [0.25, 0.3) is 0 Å². The maximum atomic E-state index is 3.36. The van der Waals surface area contributed by atoms with Crippen molar-refractivity contribution in [3.8, 4) is 16.8 Å². The number of aromatic nitrogens is 1. The number of fused-ring (bicyclic) bond motifs is 6. The Labute approximate surface area is 285 Å². The third-order valence-electron chi connectivity index (χ3n) is 8.79. The van der Waals surface area contributed by atoms with E-state index in [1.54, 1.807) is 6.08 Å². The van der Waals surface area contributed by atoms with Crippen LogP contribution in [0.15, 0.2) is 183 Å². The minimum absolute atomic E-state index is 1.13. The smallest absolute Gasteiger partial charge is 0.0640 e. The van der Waals surface area contributed by atoms with Gasteiger partial charge in [0.15, 0.2) is 0 Å². The fourth-order valence-corrected chi connectivity index (χ4v) is 8.02. The minimum Gasteiger partial charge on any atom is -0.309 e. The summed E-state index contributed by atoms with van der Waals surface area (Å²) in [7, 11) is 0. The summed E-state index contributed by atoms with van der Waals surface area (Å²) in [5.74, 6) is 0. The fourth-order valence-electron chi connectivity index (χ4n) is 6.80. The van der Waals surface area contributed by atoms with Gasteiger partial charge in [0.1, 0.15) is 0 Å². The van der Waals surface area contributed by atoms with Crippen LogP contribution in [0.1, 0.15) is 6.92 Å². The molecular weight excluding hydrogens is 601 g/mol. The van der Waals surface area contributed by atoms with Crippen LogP contribution in [0.25, 0.3) is 58.8 Å². The van der Waals surface area contributed by atoms with E-state index in [0.717, 1.165) is 11.4 Å². The van der Waals surface area contributed by atoms with Crippen molar-refractivity contribution in [2.24, 2.45) is 0 Å². The molecule has 2 nitrogen and oxygen atoms in total. The first kappa shape index (κ1) is 29.5. The summed E-state index contributed by atoms with van der Waals surface area (Å²) in [5, 5.41) is 5.11. The summed E-state index contributed by atoms with van der Waals surface area (Å²) in [6.07, 6.45) is 1.75. The summed E-state index contributed by atoms with van der Waals surface area (Å²) >= 11 is 1.87. The van der Waals surface area contributed by atoms with Gasteiger partial charge in [0.05, 0.1) is 27.1 Å². The second kappa shape index (κ2) is 12.7. The monoisotopic (exact) mass is 634 g/mol. The largest absolute Gasteiger partial charge is 0.309 e. The zero-order valence-corrected chi connectivity index (χ0v) is 27.6. The molecule has 0 aliphatic heterocycles. The van der Waals surface area contributed by atoms with Gasteiger partial charge in [-0.1, -0.05) is 121 Å². The Morgan fingerprint density at radius 1 is 0.521 bits per heavy atom. The van der Waals surface area contributed by atoms with Crippen molar-refractivity contribution in [3.05, 3.63) is 183 Å². The summed E-state index contributed by atoms with van der Waals surface area (Å²) in [6.45, 7) is 5.25. The average Bonchev–Trinajstić information content (AvgIpc) is 3.70. The molecule has 9 aromatic rings. The molecule has 0 fully saturated rings. The number of para-hydroxylation sites is 3. The molecule has 48 heavy (non-hydrogen) atoms. The number of rotatable bonds is 5. The minimum atomic E-state index is 1.13. The Balaban J connectivity index is 0.00000108. The van der Waals surface area contributed by atoms with Gasteiger partial charge >= 0.3 is 0 Å². The second-order valence-corrected chi connectivity index (χ2v) is 12.8. The van der Waals surface area contributed by atoms with Gasteiger partial charge in [-0.3, -0.25) is 0 Å². The van der Waals surface area contributed by atoms with Gasteiger partial charge in [-0.05, 0) is 72.6 Å². The first-order valence-electron chi connectivity index (χ1n) is 16.3. The van der Waals surface area contributed by atoms with Crippen molar-refractivity contribution in [3.63, 3.8) is 0 Å². The van der Waals surface area contributed by atoms with Crippen LogP contribution in [0.4, 0.5) is 17.1 Å². The Morgan fingerprint density at radius 2 is 1.04 bits per heavy atom. The summed E-state index contributed by atoms with van der Waals surface area (Å²) in [4.78, 5) is 2.40. The standard InChI is InChI=1S/C42H28N2S.C3H6/c1-3-13-29(14-4-1)30-25-27-32(28-26-30)43(31-15-5-2-6-16-31)39-23-11-19-35-41-38(22-12-24-40(41)45-42(35)39)44-36-20-9-7-17-33(36)34-18-8-10-21-37(34)44;1-3-2/h1-28H;3H,1H2,2H3. The van der Waals surface area contributed by atoms with Crippen molar-refractivity contribution in [1.29, 1.82) is 0 Å². The Morgan fingerprint density at radius 3 is 1.71 bits per heavy atom. The molecular formula is C45H34N2S. The van der Waals surface area contributed by atoms with Crippen LogP contribution in [0, 0.1) is 0 Å². The van der Waals surface area contributed by atoms with Gasteiger partial charge in [-0.15, -0.1) is 17.9 Å². The molecule has 2 aromatic heterocycles. The molecule has 0 atom stereocenters. The van der Waals surface area contributed by atoms with Gasteiger partial charge in [0, 0.05) is 37.6 Å². The molecule has 0 unspecified atom stereocenters. The van der Waals surface area contributed by atoms with E-state index in [1.165, 1.54) is 64.5 Å². The average molecular weight is 635 g/mol. The van der Waals surface area contributed by atoms with Crippen LogP contribution < -0.4 is 4.90 Å². The molecule has 0 spiro atoms. The molecule has 0 saturated heterocycles. The molecule has 0 bridgehead atoms. The molecule has 7 aromatic carbocycles. The van der Waals surface area contributed by atoms with Gasteiger partial charge in [0.2, 0.25) is 0 Å². The van der Waals surface area contributed by atoms with E-state index < -0.39 is 0 Å². The molecule has 9 rings (SSSR count). The van der Waals surface area contributed by atoms with Gasteiger partial charge < -0.3 is 9.47 Å². The summed E-state index contributed by atoms with van der Waals surface area (Å²) in [6, 6.07) is 61.2. The van der Waals surface area contributed by atoms with E-state index in [2.05, 4.69) is 186 Å². The quantitative estimate of drug-likeness (QED) is 0.171. The molecule has 3 heteroatoms. The first-order chi connectivity index (χ1) is 23.8. The molecule has 0 saturated carbocycles. The SMILES string of the molecule is C=CC.c1ccc(-c2ccc(N(c3ccccc3)c3cccc4c3sc3cccc(-n5c6ccccc6c6ccccc65)c34)cc2)cc1. The predicted molar refractivity (Wildman–Crippen MR) is 210 cm³/mol. The maximum Gasteiger partial charge on any atom is 0.0640 e. The Kier molecular flexibility index (Phi) is 7.81. The highest BCUT2D eigenvalue weighted by Gasteiger charge is 2.21. The zero-order chi connectivity index (χ0) is 32.5. The van der Waals surface area contributed by atoms with Crippen molar-refractivity contribution >= 4 is 70.4 Å². The topological polar surface area (TPSA) is 8.17 Å². The van der Waals surface area contributed by atoms with Crippen LogP contribution in [-0.4, -0.2) is 4.57 Å². The molecule has 0 amide bonds. The number of nitrogens with zero attached hydrogens (tertiary/aromatic N) is 2. The fraction of sp³-hybridized carbons (Fsp3) is 0.0222. The highest BCUT2D eigenvalue weighted by Crippen LogP contribution is 2.47. The van der Waals surface area contributed by atoms with Crippen LogP contribution >= 0.6 is 11.3 Å². The highest BCUT2D eigenvalue weighted by atomic mass is 32.1. The number of benzene rings is 7. The van der Waals surface area contributed by atoms with E-state index in [1.807, 2.05) is 18.3 Å². The van der Waals surface area contributed by atoms with Crippen LogP contribution in [-0.2, 0) is 0 Å². The van der Waals surface area contributed by atoms with Crippen LogP contribution in [0.2, 0.25) is 0 Å². The lowest BCUT2D eigenvalue weighted by Gasteiger charge is -2.26. The van der Waals surface area contributed by atoms with E-state index in [4.69, 9.17) is 0 Å². The Bertz CT molecular complexity index is 2470. The van der Waals surface area contributed by atoms with Crippen molar-refractivity contribution in [1.82, 2.24) is 4.57 Å². The number of anilines is 3. The van der Waals surface area contributed by atoms with Crippen molar-refractivity contribution in [2.45, 2.75) is 6.92 Å². The Hall–Kier alpha value is -5.90. The first-order valence-corrected chi connectivity index (χ1v) is 17.1. The molecule has 230 valence electrons. The summed E-state index contributed by atoms with van der Waals surface area (Å²) in [5.41, 5.74) is 9.55. The van der Waals surface area contributed by atoms with Crippen molar-refractivity contribution < 1.29 is 0 Å². The number of hydrogen-bond donors (Lipinski definition) is 0. The molecule has 2 heterocycles.